The minimum absolute atomic E-state index is 0.0889. The average Bonchev–Trinajstić information content (AvgIpc) is 2.56. The van der Waals surface area contributed by atoms with Crippen molar-refractivity contribution in [1.29, 1.82) is 0 Å². The molecule has 0 aromatic heterocycles. The lowest BCUT2D eigenvalue weighted by atomic mass is 9.93. The maximum atomic E-state index is 12.3. The molecule has 0 bridgehead atoms. The summed E-state index contributed by atoms with van der Waals surface area (Å²) in [4.78, 5) is 10.8. The van der Waals surface area contributed by atoms with Crippen LogP contribution in [0.1, 0.15) is 6.42 Å². The minimum atomic E-state index is -1.54. The molecular formula is C12H17Cl2NO4. The molecular weight excluding hydrogens is 293 g/mol. The molecule has 0 aromatic carbocycles. The second-order valence-corrected chi connectivity index (χ2v) is 5.01. The predicted octanol–water partition coefficient (Wildman–Crippen LogP) is 1.14. The Labute approximate surface area is 122 Å². The number of methoxy groups -OCH3 is 2. The fraction of sp³-hybridized carbons (Fsp3) is 0.583. The number of halogens is 2. The maximum absolute atomic E-state index is 12.3. The van der Waals surface area contributed by atoms with Gasteiger partial charge >= 0.3 is 0 Å². The van der Waals surface area contributed by atoms with E-state index in [-0.39, 0.29) is 30.3 Å². The molecule has 0 aromatic rings. The lowest BCUT2D eigenvalue weighted by Crippen LogP contribution is -2.56. The Bertz CT molecular complexity index is 407. The van der Waals surface area contributed by atoms with Crippen molar-refractivity contribution < 1.29 is 19.4 Å². The lowest BCUT2D eigenvalue weighted by molar-refractivity contribution is -0.198. The first kappa shape index (κ1) is 16.5. The highest BCUT2D eigenvalue weighted by Gasteiger charge is 2.65. The average molecular weight is 310 g/mol. The second-order valence-electron chi connectivity index (χ2n) is 3.99. The van der Waals surface area contributed by atoms with Gasteiger partial charge in [-0.25, -0.2) is 0 Å². The van der Waals surface area contributed by atoms with Gasteiger partial charge in [-0.3, -0.25) is 4.79 Å². The zero-order valence-electron chi connectivity index (χ0n) is 10.8. The molecule has 1 atom stereocenters. The number of ketones is 1. The van der Waals surface area contributed by atoms with Crippen molar-refractivity contribution in [3.8, 4) is 0 Å². The monoisotopic (exact) mass is 309 g/mol. The van der Waals surface area contributed by atoms with Gasteiger partial charge in [-0.05, 0) is 6.42 Å². The van der Waals surface area contributed by atoms with Gasteiger partial charge in [-0.1, -0.05) is 17.7 Å². The molecule has 5 nitrogen and oxygen atoms in total. The highest BCUT2D eigenvalue weighted by molar-refractivity contribution is 6.53. The van der Waals surface area contributed by atoms with Gasteiger partial charge in [0.1, 0.15) is 5.03 Å². The summed E-state index contributed by atoms with van der Waals surface area (Å²) in [7, 11) is 2.74. The van der Waals surface area contributed by atoms with Crippen LogP contribution in [-0.4, -0.2) is 48.9 Å². The molecule has 0 unspecified atom stereocenters. The third kappa shape index (κ3) is 2.30. The first-order valence-corrected chi connectivity index (χ1v) is 6.40. The smallest absolute Gasteiger partial charge is 0.238 e. The topological polar surface area (TPSA) is 67.8 Å². The van der Waals surface area contributed by atoms with Crippen molar-refractivity contribution in [2.75, 3.05) is 27.4 Å². The van der Waals surface area contributed by atoms with Crippen LogP contribution in [0.2, 0.25) is 0 Å². The molecule has 1 aliphatic carbocycles. The van der Waals surface area contributed by atoms with Crippen LogP contribution in [0.3, 0.4) is 0 Å². The Hall–Kier alpha value is -0.590. The number of nitrogens with one attached hydrogen (secondary N) is 1. The fourth-order valence-electron chi connectivity index (χ4n) is 2.19. The van der Waals surface area contributed by atoms with E-state index in [4.69, 9.17) is 37.8 Å². The van der Waals surface area contributed by atoms with E-state index in [2.05, 4.69) is 11.9 Å². The molecule has 19 heavy (non-hydrogen) atoms. The molecule has 1 aliphatic rings. The highest BCUT2D eigenvalue weighted by atomic mass is 35.5. The van der Waals surface area contributed by atoms with E-state index >= 15 is 0 Å². The summed E-state index contributed by atoms with van der Waals surface area (Å²) >= 11 is 12.4. The maximum Gasteiger partial charge on any atom is 0.238 e. The predicted molar refractivity (Wildman–Crippen MR) is 73.1 cm³/mol. The Kier molecular flexibility index (Phi) is 5.41. The number of carbonyl (C=O) groups is 1. The van der Waals surface area contributed by atoms with Crippen LogP contribution < -0.4 is 5.32 Å². The number of aliphatic hydroxyl groups excluding tert-OH is 1. The SMILES string of the molecule is C=CC[C@@]1(Cl)C(=O)C(Cl)=C(NCCO)C1(OC)OC. The number of ether oxygens (including phenoxy) is 2. The number of carbonyl (C=O) groups excluding carboxylic acids is 1. The van der Waals surface area contributed by atoms with Crippen LogP contribution in [0.5, 0.6) is 0 Å². The van der Waals surface area contributed by atoms with Gasteiger partial charge in [0.25, 0.3) is 0 Å². The van der Waals surface area contributed by atoms with Gasteiger partial charge in [0.15, 0.2) is 4.87 Å². The largest absolute Gasteiger partial charge is 0.395 e. The van der Waals surface area contributed by atoms with Crippen molar-refractivity contribution >= 4 is 29.0 Å². The Morgan fingerprint density at radius 2 is 2.05 bits per heavy atom. The van der Waals surface area contributed by atoms with Crippen molar-refractivity contribution in [2.24, 2.45) is 0 Å². The molecule has 0 radical (unpaired) electrons. The standard InChI is InChI=1S/C12H17Cl2NO4/c1-4-5-11(14)10(17)8(13)9(15-6-7-16)12(11,18-2)19-3/h4,15-16H,1,5-7H2,2-3H3/t11-/m1/s1. The van der Waals surface area contributed by atoms with Gasteiger partial charge in [0.05, 0.1) is 12.3 Å². The minimum Gasteiger partial charge on any atom is -0.395 e. The zero-order chi connectivity index (χ0) is 14.7. The molecule has 0 aliphatic heterocycles. The molecule has 1 rings (SSSR count). The molecule has 0 heterocycles. The van der Waals surface area contributed by atoms with Gasteiger partial charge < -0.3 is 19.9 Å². The molecule has 0 saturated carbocycles. The number of hydrogen-bond acceptors (Lipinski definition) is 5. The van der Waals surface area contributed by atoms with Gasteiger partial charge in [-0.2, -0.15) is 0 Å². The highest BCUT2D eigenvalue weighted by Crippen LogP contribution is 2.50. The molecule has 7 heteroatoms. The van der Waals surface area contributed by atoms with Crippen molar-refractivity contribution in [3.05, 3.63) is 23.4 Å². The van der Waals surface area contributed by atoms with E-state index < -0.39 is 16.4 Å². The summed E-state index contributed by atoms with van der Waals surface area (Å²) in [6, 6.07) is 0. The van der Waals surface area contributed by atoms with Crippen molar-refractivity contribution in [2.45, 2.75) is 17.1 Å². The normalized spacial score (nSPS) is 25.8. The molecule has 2 N–H and O–H groups in total. The van der Waals surface area contributed by atoms with Crippen LogP contribution in [0, 0.1) is 0 Å². The van der Waals surface area contributed by atoms with Crippen LogP contribution in [0.25, 0.3) is 0 Å². The number of aliphatic hydroxyl groups is 1. The Balaban J connectivity index is 3.34. The summed E-state index contributed by atoms with van der Waals surface area (Å²) in [5, 5.41) is 11.6. The third-order valence-corrected chi connectivity index (χ3v) is 3.98. The number of Topliss-reactive ketones (excluding diaryl/α,β-unsaturated/α-hetero) is 1. The number of allylic oxidation sites excluding steroid dienone is 2. The van der Waals surface area contributed by atoms with Crippen LogP contribution in [0.4, 0.5) is 0 Å². The Morgan fingerprint density at radius 1 is 1.47 bits per heavy atom. The second kappa shape index (κ2) is 6.24. The Morgan fingerprint density at radius 3 is 2.47 bits per heavy atom. The van der Waals surface area contributed by atoms with Gasteiger partial charge in [0.2, 0.25) is 11.6 Å². The lowest BCUT2D eigenvalue weighted by Gasteiger charge is -2.39. The summed E-state index contributed by atoms with van der Waals surface area (Å²) in [5.41, 5.74) is 0.218. The molecule has 0 saturated heterocycles. The third-order valence-electron chi connectivity index (χ3n) is 3.04. The summed E-state index contributed by atoms with van der Waals surface area (Å²) in [6.45, 7) is 3.63. The van der Waals surface area contributed by atoms with Crippen molar-refractivity contribution in [3.63, 3.8) is 0 Å². The van der Waals surface area contributed by atoms with Crippen LogP contribution >= 0.6 is 23.2 Å². The molecule has 108 valence electrons. The molecule has 0 spiro atoms. The van der Waals surface area contributed by atoms with E-state index in [9.17, 15) is 4.79 Å². The summed E-state index contributed by atoms with van der Waals surface area (Å²) < 4.78 is 10.7. The first-order chi connectivity index (χ1) is 8.95. The summed E-state index contributed by atoms with van der Waals surface area (Å²) in [5.74, 6) is -2.04. The number of alkyl halides is 1. The number of hydrogen-bond donors (Lipinski definition) is 2. The van der Waals surface area contributed by atoms with Crippen LogP contribution in [-0.2, 0) is 14.3 Å². The number of rotatable bonds is 7. The molecule has 0 amide bonds. The zero-order valence-corrected chi connectivity index (χ0v) is 12.3. The van der Waals surface area contributed by atoms with E-state index in [1.807, 2.05) is 0 Å². The van der Waals surface area contributed by atoms with Crippen LogP contribution in [0.15, 0.2) is 23.4 Å². The fourth-order valence-corrected chi connectivity index (χ4v) is 3.04. The van der Waals surface area contributed by atoms with E-state index in [0.29, 0.717) is 0 Å². The van der Waals surface area contributed by atoms with E-state index in [1.165, 1.54) is 20.3 Å². The van der Waals surface area contributed by atoms with E-state index in [0.717, 1.165) is 0 Å². The van der Waals surface area contributed by atoms with Gasteiger partial charge in [0, 0.05) is 20.8 Å². The quantitative estimate of drug-likeness (QED) is 0.419. The summed E-state index contributed by atoms with van der Waals surface area (Å²) in [6.07, 6.45) is 1.62. The first-order valence-electron chi connectivity index (χ1n) is 5.65. The van der Waals surface area contributed by atoms with Crippen molar-refractivity contribution in [1.82, 2.24) is 5.32 Å². The molecule has 0 fully saturated rings. The van der Waals surface area contributed by atoms with Gasteiger partial charge in [-0.15, -0.1) is 18.2 Å². The van der Waals surface area contributed by atoms with E-state index in [1.54, 1.807) is 0 Å².